The zero-order valence-electron chi connectivity index (χ0n) is 17.3. The van der Waals surface area contributed by atoms with Crippen molar-refractivity contribution in [2.75, 3.05) is 25.5 Å². The van der Waals surface area contributed by atoms with Gasteiger partial charge in [-0.2, -0.15) is 4.98 Å². The van der Waals surface area contributed by atoms with Gasteiger partial charge in [0.25, 0.3) is 0 Å². The maximum Gasteiger partial charge on any atom is 0.247 e. The number of benzene rings is 2. The number of rotatable bonds is 5. The van der Waals surface area contributed by atoms with E-state index in [0.29, 0.717) is 22.6 Å². The summed E-state index contributed by atoms with van der Waals surface area (Å²) in [5, 5.41) is 12.1. The van der Waals surface area contributed by atoms with Crippen molar-refractivity contribution in [3.63, 3.8) is 0 Å². The molecule has 2 aromatic carbocycles. The molecule has 5 rings (SSSR count). The van der Waals surface area contributed by atoms with Crippen molar-refractivity contribution in [1.82, 2.24) is 19.9 Å². The van der Waals surface area contributed by atoms with Gasteiger partial charge in [0.2, 0.25) is 5.95 Å². The first kappa shape index (κ1) is 19.8. The molecule has 2 aromatic heterocycles. The van der Waals surface area contributed by atoms with Crippen molar-refractivity contribution in [3.05, 3.63) is 71.4 Å². The summed E-state index contributed by atoms with van der Waals surface area (Å²) in [6.45, 7) is 2.15. The van der Waals surface area contributed by atoms with Crippen LogP contribution in [0.25, 0.3) is 16.8 Å². The minimum atomic E-state index is 0.558. The molecule has 6 nitrogen and oxygen atoms in total. The Kier molecular flexibility index (Phi) is 5.49. The molecule has 0 saturated carbocycles. The van der Waals surface area contributed by atoms with Gasteiger partial charge in [0.15, 0.2) is 5.65 Å². The molecule has 2 N–H and O–H groups in total. The fourth-order valence-electron chi connectivity index (χ4n) is 4.21. The van der Waals surface area contributed by atoms with E-state index in [-0.39, 0.29) is 0 Å². The summed E-state index contributed by atoms with van der Waals surface area (Å²) in [5.41, 5.74) is 4.96. The van der Waals surface area contributed by atoms with Gasteiger partial charge in [-0.1, -0.05) is 23.7 Å². The number of fused-ring (bicyclic) bond motifs is 1. The zero-order valence-corrected chi connectivity index (χ0v) is 18.1. The first-order valence-electron chi connectivity index (χ1n) is 10.5. The molecule has 31 heavy (non-hydrogen) atoms. The van der Waals surface area contributed by atoms with Gasteiger partial charge in [-0.25, -0.2) is 4.52 Å². The Balaban J connectivity index is 1.47. The van der Waals surface area contributed by atoms with Crippen LogP contribution in [0.15, 0.2) is 60.8 Å². The van der Waals surface area contributed by atoms with Crippen LogP contribution in [0, 0.1) is 0 Å². The Hall–Kier alpha value is -3.09. The van der Waals surface area contributed by atoms with Crippen molar-refractivity contribution < 1.29 is 4.74 Å². The van der Waals surface area contributed by atoms with Crippen molar-refractivity contribution in [3.8, 4) is 16.9 Å². The normalized spacial score (nSPS) is 14.6. The van der Waals surface area contributed by atoms with Crippen LogP contribution in [-0.4, -0.2) is 34.8 Å². The number of aromatic nitrogens is 3. The van der Waals surface area contributed by atoms with Crippen LogP contribution in [-0.2, 0) is 0 Å². The SMILES string of the molecule is COc1cc(Cl)ccc1-c1cccn2nc(Nc3cccc(C4CCNCC4)c3)nc12. The molecule has 0 aliphatic carbocycles. The lowest BCUT2D eigenvalue weighted by Crippen LogP contribution is -2.26. The average molecular weight is 434 g/mol. The summed E-state index contributed by atoms with van der Waals surface area (Å²) in [4.78, 5) is 4.77. The second-order valence-electron chi connectivity index (χ2n) is 7.74. The Morgan fingerprint density at radius 1 is 1.06 bits per heavy atom. The van der Waals surface area contributed by atoms with E-state index in [0.717, 1.165) is 35.6 Å². The number of anilines is 2. The lowest BCUT2D eigenvalue weighted by molar-refractivity contribution is 0.416. The fourth-order valence-corrected chi connectivity index (χ4v) is 4.37. The van der Waals surface area contributed by atoms with Crippen LogP contribution in [0.2, 0.25) is 5.02 Å². The van der Waals surface area contributed by atoms with Gasteiger partial charge in [-0.05, 0) is 79.9 Å². The van der Waals surface area contributed by atoms with E-state index in [1.165, 1.54) is 18.4 Å². The monoisotopic (exact) mass is 433 g/mol. The van der Waals surface area contributed by atoms with Gasteiger partial charge in [0.05, 0.1) is 7.11 Å². The summed E-state index contributed by atoms with van der Waals surface area (Å²) in [7, 11) is 1.64. The van der Waals surface area contributed by atoms with Gasteiger partial charge < -0.3 is 15.4 Å². The predicted molar refractivity (Wildman–Crippen MR) is 125 cm³/mol. The number of hydrogen-bond acceptors (Lipinski definition) is 5. The lowest BCUT2D eigenvalue weighted by Gasteiger charge is -2.23. The highest BCUT2D eigenvalue weighted by Crippen LogP contribution is 2.35. The highest BCUT2D eigenvalue weighted by Gasteiger charge is 2.16. The lowest BCUT2D eigenvalue weighted by atomic mass is 9.90. The molecule has 1 aliphatic heterocycles. The molecule has 7 heteroatoms. The molecule has 0 spiro atoms. The summed E-state index contributed by atoms with van der Waals surface area (Å²) in [5.74, 6) is 1.86. The van der Waals surface area contributed by atoms with Crippen LogP contribution in [0.4, 0.5) is 11.6 Å². The van der Waals surface area contributed by atoms with Crippen LogP contribution in [0.1, 0.15) is 24.3 Å². The van der Waals surface area contributed by atoms with Crippen molar-refractivity contribution in [1.29, 1.82) is 0 Å². The molecule has 0 unspecified atom stereocenters. The van der Waals surface area contributed by atoms with Crippen LogP contribution < -0.4 is 15.4 Å². The van der Waals surface area contributed by atoms with Crippen LogP contribution in [0.3, 0.4) is 0 Å². The number of hydrogen-bond donors (Lipinski definition) is 2. The molecule has 4 aromatic rings. The minimum Gasteiger partial charge on any atom is -0.496 e. The van der Waals surface area contributed by atoms with Gasteiger partial charge in [0, 0.05) is 28.0 Å². The second-order valence-corrected chi connectivity index (χ2v) is 8.18. The third-order valence-electron chi connectivity index (χ3n) is 5.77. The third-order valence-corrected chi connectivity index (χ3v) is 6.00. The number of pyridine rings is 1. The van der Waals surface area contributed by atoms with E-state index in [4.69, 9.17) is 21.3 Å². The van der Waals surface area contributed by atoms with Crippen molar-refractivity contribution in [2.45, 2.75) is 18.8 Å². The zero-order chi connectivity index (χ0) is 21.2. The largest absolute Gasteiger partial charge is 0.496 e. The molecule has 0 radical (unpaired) electrons. The number of methoxy groups -OCH3 is 1. The Labute approximate surface area is 186 Å². The summed E-state index contributed by atoms with van der Waals surface area (Å²) >= 11 is 6.14. The Bertz CT molecular complexity index is 1220. The maximum absolute atomic E-state index is 6.14. The van der Waals surface area contributed by atoms with Crippen molar-refractivity contribution in [2.24, 2.45) is 0 Å². The highest BCUT2D eigenvalue weighted by molar-refractivity contribution is 6.30. The molecular weight excluding hydrogens is 410 g/mol. The van der Waals surface area contributed by atoms with E-state index in [2.05, 4.69) is 40.0 Å². The topological polar surface area (TPSA) is 63.5 Å². The number of halogens is 1. The molecule has 0 bridgehead atoms. The molecule has 3 heterocycles. The van der Waals surface area contributed by atoms with Crippen LogP contribution in [0.5, 0.6) is 5.75 Å². The smallest absolute Gasteiger partial charge is 0.247 e. The second kappa shape index (κ2) is 8.57. The summed E-state index contributed by atoms with van der Waals surface area (Å²) in [6.07, 6.45) is 4.23. The first-order valence-corrected chi connectivity index (χ1v) is 10.9. The maximum atomic E-state index is 6.14. The van der Waals surface area contributed by atoms with Gasteiger partial charge in [0.1, 0.15) is 5.75 Å². The Morgan fingerprint density at radius 3 is 2.77 bits per heavy atom. The Morgan fingerprint density at radius 2 is 1.94 bits per heavy atom. The first-order chi connectivity index (χ1) is 15.2. The predicted octanol–water partition coefficient (Wildman–Crippen LogP) is 5.27. The minimum absolute atomic E-state index is 0.558. The quantitative estimate of drug-likeness (QED) is 0.449. The van der Waals surface area contributed by atoms with Crippen molar-refractivity contribution >= 4 is 28.9 Å². The van der Waals surface area contributed by atoms with E-state index in [1.807, 2.05) is 36.5 Å². The highest BCUT2D eigenvalue weighted by atomic mass is 35.5. The number of nitrogens with zero attached hydrogens (tertiary/aromatic N) is 3. The molecule has 0 atom stereocenters. The van der Waals surface area contributed by atoms with E-state index in [9.17, 15) is 0 Å². The fraction of sp³-hybridized carbons (Fsp3) is 0.250. The summed E-state index contributed by atoms with van der Waals surface area (Å²) < 4.78 is 7.32. The van der Waals surface area contributed by atoms with Gasteiger partial charge >= 0.3 is 0 Å². The number of piperidine rings is 1. The molecule has 1 fully saturated rings. The molecular formula is C24H24ClN5O. The molecule has 158 valence electrons. The third kappa shape index (κ3) is 4.09. The van der Waals surface area contributed by atoms with E-state index >= 15 is 0 Å². The van der Waals surface area contributed by atoms with E-state index in [1.54, 1.807) is 11.6 Å². The average Bonchev–Trinajstić information content (AvgIpc) is 3.22. The molecule has 1 aliphatic rings. The van der Waals surface area contributed by atoms with Gasteiger partial charge in [-0.3, -0.25) is 0 Å². The van der Waals surface area contributed by atoms with Crippen LogP contribution >= 0.6 is 11.6 Å². The summed E-state index contributed by atoms with van der Waals surface area (Å²) in [6, 6.07) is 18.1. The molecule has 0 amide bonds. The molecule has 1 saturated heterocycles. The van der Waals surface area contributed by atoms with Gasteiger partial charge in [-0.15, -0.1) is 5.10 Å². The number of ether oxygens (including phenoxy) is 1. The standard InChI is InChI=1S/C24H24ClN5O/c1-31-22-15-18(25)7-8-20(22)21-6-3-13-30-23(21)28-24(29-30)27-19-5-2-4-17(14-19)16-9-11-26-12-10-16/h2-8,13-16,26H,9-12H2,1H3,(H,27,29). The number of nitrogens with one attached hydrogen (secondary N) is 2. The van der Waals surface area contributed by atoms with E-state index < -0.39 is 0 Å².